The molecule has 5 heteroatoms. The Balaban J connectivity index is 2.14. The number of hydrogen-bond donors (Lipinski definition) is 1. The Hall–Kier alpha value is 0.290. The summed E-state index contributed by atoms with van der Waals surface area (Å²) in [5.74, 6) is 0. The van der Waals surface area contributed by atoms with Gasteiger partial charge in [-0.2, -0.15) is 0 Å². The molecule has 1 rings (SSSR count). The summed E-state index contributed by atoms with van der Waals surface area (Å²) in [5.41, 5.74) is 0. The molecular formula is C10H16BrNOS2. The number of hydrogen-bond acceptors (Lipinski definition) is 3. The highest BCUT2D eigenvalue weighted by Crippen LogP contribution is 2.21. The van der Waals surface area contributed by atoms with E-state index in [2.05, 4.69) is 33.4 Å². The Morgan fingerprint density at radius 2 is 2.33 bits per heavy atom. The van der Waals surface area contributed by atoms with Crippen molar-refractivity contribution in [1.29, 1.82) is 0 Å². The zero-order valence-corrected chi connectivity index (χ0v) is 12.2. The monoisotopic (exact) mass is 309 g/mol. The summed E-state index contributed by atoms with van der Waals surface area (Å²) >= 11 is 5.18. The fourth-order valence-corrected chi connectivity index (χ4v) is 3.03. The second-order valence-electron chi connectivity index (χ2n) is 3.48. The first-order valence-corrected chi connectivity index (χ1v) is 8.10. The van der Waals surface area contributed by atoms with E-state index in [4.69, 9.17) is 0 Å². The van der Waals surface area contributed by atoms with Crippen molar-refractivity contribution < 1.29 is 4.21 Å². The van der Waals surface area contributed by atoms with E-state index in [1.807, 2.05) is 6.92 Å². The van der Waals surface area contributed by atoms with Crippen LogP contribution in [0.25, 0.3) is 0 Å². The maximum Gasteiger partial charge on any atom is 0.0701 e. The molecule has 1 heterocycles. The van der Waals surface area contributed by atoms with Gasteiger partial charge in [0.25, 0.3) is 0 Å². The van der Waals surface area contributed by atoms with E-state index < -0.39 is 10.8 Å². The molecule has 1 N–H and O–H groups in total. The molecule has 0 bridgehead atoms. The van der Waals surface area contributed by atoms with Gasteiger partial charge in [0.05, 0.1) is 3.79 Å². The molecule has 0 radical (unpaired) electrons. The van der Waals surface area contributed by atoms with Crippen LogP contribution in [0.5, 0.6) is 0 Å². The van der Waals surface area contributed by atoms with Crippen molar-refractivity contribution in [2.45, 2.75) is 25.1 Å². The Kier molecular flexibility index (Phi) is 6.04. The van der Waals surface area contributed by atoms with E-state index in [0.717, 1.165) is 19.5 Å². The molecule has 1 aromatic rings. The number of thiophene rings is 1. The summed E-state index contributed by atoms with van der Waals surface area (Å²) in [6.07, 6.45) is 2.73. The van der Waals surface area contributed by atoms with Crippen LogP contribution in [0.4, 0.5) is 0 Å². The van der Waals surface area contributed by atoms with Crippen molar-refractivity contribution in [3.05, 3.63) is 20.8 Å². The lowest BCUT2D eigenvalue weighted by Gasteiger charge is -2.08. The van der Waals surface area contributed by atoms with Gasteiger partial charge in [0.15, 0.2) is 0 Å². The number of halogens is 1. The van der Waals surface area contributed by atoms with Gasteiger partial charge in [0, 0.05) is 33.7 Å². The summed E-state index contributed by atoms with van der Waals surface area (Å²) in [5, 5.41) is 3.64. The third-order valence-corrected chi connectivity index (χ3v) is 5.21. The molecular weight excluding hydrogens is 294 g/mol. The predicted octanol–water partition coefficient (Wildman–Crippen LogP) is 2.76. The van der Waals surface area contributed by atoms with Crippen molar-refractivity contribution in [1.82, 2.24) is 5.32 Å². The molecule has 2 nitrogen and oxygen atoms in total. The first kappa shape index (κ1) is 13.4. The lowest BCUT2D eigenvalue weighted by atomic mass is 10.3. The first-order chi connectivity index (χ1) is 7.09. The Morgan fingerprint density at radius 3 is 2.87 bits per heavy atom. The summed E-state index contributed by atoms with van der Waals surface area (Å²) in [6.45, 7) is 3.86. The molecule has 0 aromatic carbocycles. The summed E-state index contributed by atoms with van der Waals surface area (Å²) < 4.78 is 12.3. The van der Waals surface area contributed by atoms with Gasteiger partial charge >= 0.3 is 0 Å². The van der Waals surface area contributed by atoms with E-state index in [9.17, 15) is 4.21 Å². The lowest BCUT2D eigenvalue weighted by molar-refractivity contribution is 0.632. The molecule has 0 saturated heterocycles. The second-order valence-corrected chi connectivity index (χ2v) is 7.83. The lowest BCUT2D eigenvalue weighted by Crippen LogP contribution is -2.20. The van der Waals surface area contributed by atoms with Crippen molar-refractivity contribution >= 4 is 38.1 Å². The predicted molar refractivity (Wildman–Crippen MR) is 71.9 cm³/mol. The zero-order valence-electron chi connectivity index (χ0n) is 8.96. The third-order valence-electron chi connectivity index (χ3n) is 2.22. The van der Waals surface area contributed by atoms with Gasteiger partial charge in [0.1, 0.15) is 0 Å². The van der Waals surface area contributed by atoms with Crippen molar-refractivity contribution in [3.63, 3.8) is 0 Å². The van der Waals surface area contributed by atoms with Crippen LogP contribution in [-0.2, 0) is 17.3 Å². The molecule has 0 aliphatic carbocycles. The van der Waals surface area contributed by atoms with Crippen LogP contribution < -0.4 is 5.32 Å². The Bertz CT molecular complexity index is 327. The van der Waals surface area contributed by atoms with Gasteiger partial charge in [-0.15, -0.1) is 11.3 Å². The van der Waals surface area contributed by atoms with Crippen molar-refractivity contribution in [2.24, 2.45) is 0 Å². The highest BCUT2D eigenvalue weighted by Gasteiger charge is 2.05. The molecule has 86 valence electrons. The average Bonchev–Trinajstić information content (AvgIpc) is 2.58. The molecule has 0 saturated carbocycles. The van der Waals surface area contributed by atoms with E-state index >= 15 is 0 Å². The van der Waals surface area contributed by atoms with Crippen LogP contribution >= 0.6 is 27.3 Å². The van der Waals surface area contributed by atoms with Gasteiger partial charge in [-0.1, -0.05) is 6.92 Å². The quantitative estimate of drug-likeness (QED) is 0.819. The minimum Gasteiger partial charge on any atom is -0.312 e. The fraction of sp³-hybridized carbons (Fsp3) is 0.600. The van der Waals surface area contributed by atoms with Crippen LogP contribution in [0.3, 0.4) is 0 Å². The Morgan fingerprint density at radius 1 is 1.60 bits per heavy atom. The van der Waals surface area contributed by atoms with Crippen molar-refractivity contribution in [2.75, 3.05) is 12.8 Å². The van der Waals surface area contributed by atoms with Gasteiger partial charge in [-0.25, -0.2) is 0 Å². The molecule has 0 fully saturated rings. The van der Waals surface area contributed by atoms with Crippen LogP contribution in [-0.4, -0.2) is 22.3 Å². The van der Waals surface area contributed by atoms with Crippen LogP contribution in [0.15, 0.2) is 15.9 Å². The highest BCUT2D eigenvalue weighted by atomic mass is 79.9. The number of rotatable bonds is 6. The van der Waals surface area contributed by atoms with Gasteiger partial charge < -0.3 is 5.32 Å². The molecule has 0 aliphatic rings. The van der Waals surface area contributed by atoms with Crippen LogP contribution in [0.2, 0.25) is 0 Å². The standard InChI is InChI=1S/C10H16BrNOS2/c1-8(15(2)13)5-6-12-7-9-3-4-10(11)14-9/h3-4,8,12H,5-7H2,1-2H3. The SMILES string of the molecule is CC(CCNCc1ccc(Br)s1)S(C)=O. The van der Waals surface area contributed by atoms with Gasteiger partial charge in [-0.3, -0.25) is 4.21 Å². The van der Waals surface area contributed by atoms with Gasteiger partial charge in [-0.05, 0) is 41.0 Å². The summed E-state index contributed by atoms with van der Waals surface area (Å²) in [4.78, 5) is 1.33. The molecule has 2 atom stereocenters. The smallest absolute Gasteiger partial charge is 0.0701 e. The minimum atomic E-state index is -0.699. The van der Waals surface area contributed by atoms with E-state index in [1.54, 1.807) is 17.6 Å². The molecule has 0 amide bonds. The molecule has 0 aliphatic heterocycles. The van der Waals surface area contributed by atoms with Gasteiger partial charge in [0.2, 0.25) is 0 Å². The summed E-state index contributed by atoms with van der Waals surface area (Å²) in [6, 6.07) is 4.18. The van der Waals surface area contributed by atoms with Crippen LogP contribution in [0, 0.1) is 0 Å². The molecule has 0 spiro atoms. The zero-order chi connectivity index (χ0) is 11.3. The second kappa shape index (κ2) is 6.78. The first-order valence-electron chi connectivity index (χ1n) is 4.86. The maximum absolute atomic E-state index is 11.1. The molecule has 2 unspecified atom stereocenters. The fourth-order valence-electron chi connectivity index (χ4n) is 1.13. The third kappa shape index (κ3) is 5.24. The van der Waals surface area contributed by atoms with E-state index in [-0.39, 0.29) is 5.25 Å². The highest BCUT2D eigenvalue weighted by molar-refractivity contribution is 9.11. The molecule has 1 aromatic heterocycles. The number of nitrogens with one attached hydrogen (secondary N) is 1. The van der Waals surface area contributed by atoms with E-state index in [1.165, 1.54) is 8.66 Å². The Labute approximate surface area is 106 Å². The minimum absolute atomic E-state index is 0.285. The largest absolute Gasteiger partial charge is 0.312 e. The average molecular weight is 310 g/mol. The maximum atomic E-state index is 11.1. The van der Waals surface area contributed by atoms with Crippen molar-refractivity contribution in [3.8, 4) is 0 Å². The summed E-state index contributed by atoms with van der Waals surface area (Å²) in [7, 11) is -0.699. The normalized spacial score (nSPS) is 15.1. The van der Waals surface area contributed by atoms with E-state index in [0.29, 0.717) is 0 Å². The molecule has 15 heavy (non-hydrogen) atoms. The topological polar surface area (TPSA) is 29.1 Å². The van der Waals surface area contributed by atoms with Crippen LogP contribution in [0.1, 0.15) is 18.2 Å².